The Morgan fingerprint density at radius 2 is 2.30 bits per heavy atom. The third-order valence-electron chi connectivity index (χ3n) is 0.848. The molecule has 0 aliphatic carbocycles. The molecule has 2 nitrogen and oxygen atoms in total. The number of hydrogen-bond acceptors (Lipinski definition) is 3. The lowest BCUT2D eigenvalue weighted by Gasteiger charge is -2.02. The van der Waals surface area contributed by atoms with Crippen LogP contribution in [-0.4, -0.2) is 22.1 Å². The van der Waals surface area contributed by atoms with Crippen LogP contribution in [0.3, 0.4) is 0 Å². The van der Waals surface area contributed by atoms with E-state index in [1.807, 2.05) is 0 Å². The lowest BCUT2D eigenvalue weighted by Crippen LogP contribution is -2.09. The summed E-state index contributed by atoms with van der Waals surface area (Å²) in [6.07, 6.45) is 1.10. The summed E-state index contributed by atoms with van der Waals surface area (Å²) in [6, 6.07) is 0. The summed E-state index contributed by atoms with van der Waals surface area (Å²) in [7, 11) is 3.05. The minimum absolute atomic E-state index is 0.281. The Morgan fingerprint density at radius 3 is 2.70 bits per heavy atom. The fourth-order valence-corrected chi connectivity index (χ4v) is 2.47. The predicted molar refractivity (Wildman–Crippen MR) is 47.4 cm³/mol. The van der Waals surface area contributed by atoms with Crippen LogP contribution >= 0.6 is 21.6 Å². The van der Waals surface area contributed by atoms with Gasteiger partial charge in [-0.25, -0.2) is 0 Å². The molecule has 0 radical (unpaired) electrons. The van der Waals surface area contributed by atoms with Gasteiger partial charge in [0.2, 0.25) is 0 Å². The lowest BCUT2D eigenvalue weighted by atomic mass is 10.5. The number of carboxylic acids is 1. The summed E-state index contributed by atoms with van der Waals surface area (Å²) in [5.74, 6) is 0.302. The molecule has 0 bridgehead atoms. The first-order chi connectivity index (χ1) is 4.68. The maximum Gasteiger partial charge on any atom is 0.317 e. The van der Waals surface area contributed by atoms with Crippen molar-refractivity contribution in [2.75, 3.05) is 5.75 Å². The Kier molecular flexibility index (Phi) is 6.02. The van der Waals surface area contributed by atoms with E-state index in [2.05, 4.69) is 6.92 Å². The molecule has 0 aliphatic rings. The molecular formula is C6H12O2S2. The van der Waals surface area contributed by atoms with Crippen LogP contribution in [0.5, 0.6) is 0 Å². The number of aliphatic carboxylic acids is 1. The van der Waals surface area contributed by atoms with Crippen molar-refractivity contribution in [3.05, 3.63) is 0 Å². The minimum atomic E-state index is -0.728. The molecule has 60 valence electrons. The van der Waals surface area contributed by atoms with Crippen molar-refractivity contribution >= 4 is 27.6 Å². The summed E-state index contributed by atoms with van der Waals surface area (Å²) in [6.45, 7) is 3.79. The van der Waals surface area contributed by atoms with E-state index in [1.165, 1.54) is 10.8 Å². The largest absolute Gasteiger partial charge is 0.480 e. The van der Waals surface area contributed by atoms with Gasteiger partial charge < -0.3 is 5.11 Å². The van der Waals surface area contributed by atoms with Gasteiger partial charge in [-0.2, -0.15) is 0 Å². The standard InChI is InChI=1S/C6H12O2S2/c1-3-4-9-10-5(2)6(7)8/h5H,3-4H2,1-2H3,(H,7,8). The molecule has 0 aromatic heterocycles. The Hall–Kier alpha value is 0.170. The van der Waals surface area contributed by atoms with E-state index in [1.54, 1.807) is 17.7 Å². The van der Waals surface area contributed by atoms with Crippen LogP contribution < -0.4 is 0 Å². The summed E-state index contributed by atoms with van der Waals surface area (Å²) < 4.78 is 0. The van der Waals surface area contributed by atoms with Crippen LogP contribution in [0, 0.1) is 0 Å². The van der Waals surface area contributed by atoms with Crippen LogP contribution in [0.4, 0.5) is 0 Å². The first-order valence-electron chi connectivity index (χ1n) is 3.19. The fraction of sp³-hybridized carbons (Fsp3) is 0.833. The van der Waals surface area contributed by atoms with Gasteiger partial charge in [-0.3, -0.25) is 4.79 Å². The van der Waals surface area contributed by atoms with Gasteiger partial charge in [-0.15, -0.1) is 0 Å². The molecule has 0 fully saturated rings. The summed E-state index contributed by atoms with van der Waals surface area (Å²) in [4.78, 5) is 10.3. The number of carboxylic acid groups (broad SMARTS) is 1. The summed E-state index contributed by atoms with van der Waals surface area (Å²) >= 11 is 0. The van der Waals surface area contributed by atoms with E-state index in [4.69, 9.17) is 5.11 Å². The number of rotatable bonds is 5. The van der Waals surface area contributed by atoms with Crippen LogP contribution in [-0.2, 0) is 4.79 Å². The van der Waals surface area contributed by atoms with Crippen LogP contribution in [0.15, 0.2) is 0 Å². The zero-order chi connectivity index (χ0) is 7.98. The average molecular weight is 180 g/mol. The normalized spacial score (nSPS) is 13.0. The second kappa shape index (κ2) is 5.92. The highest BCUT2D eigenvalue weighted by molar-refractivity contribution is 8.77. The minimum Gasteiger partial charge on any atom is -0.480 e. The molecule has 0 heterocycles. The van der Waals surface area contributed by atoms with Crippen molar-refractivity contribution < 1.29 is 9.90 Å². The molecule has 0 aromatic carbocycles. The molecule has 0 spiro atoms. The molecule has 10 heavy (non-hydrogen) atoms. The fourth-order valence-electron chi connectivity index (χ4n) is 0.275. The molecule has 0 aliphatic heterocycles. The highest BCUT2D eigenvalue weighted by atomic mass is 33.1. The Bertz CT molecular complexity index is 106. The van der Waals surface area contributed by atoms with Gasteiger partial charge in [-0.1, -0.05) is 28.5 Å². The number of carbonyl (C=O) groups is 1. The Morgan fingerprint density at radius 1 is 1.70 bits per heavy atom. The summed E-state index contributed by atoms with van der Waals surface area (Å²) in [5, 5.41) is 8.17. The lowest BCUT2D eigenvalue weighted by molar-refractivity contribution is -0.136. The van der Waals surface area contributed by atoms with E-state index in [9.17, 15) is 4.79 Å². The van der Waals surface area contributed by atoms with E-state index < -0.39 is 5.97 Å². The maximum atomic E-state index is 10.3. The molecule has 0 saturated carbocycles. The number of hydrogen-bond donors (Lipinski definition) is 1. The van der Waals surface area contributed by atoms with Crippen molar-refractivity contribution in [3.8, 4) is 0 Å². The van der Waals surface area contributed by atoms with Crippen molar-refractivity contribution in [2.45, 2.75) is 25.5 Å². The second-order valence-corrected chi connectivity index (χ2v) is 4.73. The van der Waals surface area contributed by atoms with Gasteiger partial charge in [0.25, 0.3) is 0 Å². The van der Waals surface area contributed by atoms with Gasteiger partial charge in [0.15, 0.2) is 0 Å². The molecular weight excluding hydrogens is 168 g/mol. The van der Waals surface area contributed by atoms with Crippen LogP contribution in [0.25, 0.3) is 0 Å². The summed E-state index contributed by atoms with van der Waals surface area (Å²) in [5.41, 5.74) is 0. The first kappa shape index (κ1) is 10.2. The molecule has 0 saturated heterocycles. The van der Waals surface area contributed by atoms with Crippen molar-refractivity contribution in [2.24, 2.45) is 0 Å². The molecule has 4 heteroatoms. The zero-order valence-electron chi connectivity index (χ0n) is 6.16. The van der Waals surface area contributed by atoms with E-state index >= 15 is 0 Å². The second-order valence-electron chi connectivity index (χ2n) is 1.90. The third-order valence-corrected chi connectivity index (χ3v) is 3.82. The van der Waals surface area contributed by atoms with E-state index in [0.29, 0.717) is 0 Å². The van der Waals surface area contributed by atoms with Crippen LogP contribution in [0.2, 0.25) is 0 Å². The van der Waals surface area contributed by atoms with Gasteiger partial charge in [-0.05, 0) is 13.3 Å². The van der Waals surface area contributed by atoms with Crippen LogP contribution in [0.1, 0.15) is 20.3 Å². The molecule has 1 N–H and O–H groups in total. The van der Waals surface area contributed by atoms with Gasteiger partial charge >= 0.3 is 5.97 Å². The first-order valence-corrected chi connectivity index (χ1v) is 5.57. The SMILES string of the molecule is CCCSSC(C)C(=O)O. The van der Waals surface area contributed by atoms with Crippen molar-refractivity contribution in [1.29, 1.82) is 0 Å². The molecule has 0 aromatic rings. The Balaban J connectivity index is 3.21. The van der Waals surface area contributed by atoms with Gasteiger partial charge in [0.05, 0.1) is 0 Å². The third kappa shape index (κ3) is 4.99. The molecule has 0 rings (SSSR count). The smallest absolute Gasteiger partial charge is 0.317 e. The molecule has 1 unspecified atom stereocenters. The monoisotopic (exact) mass is 180 g/mol. The quantitative estimate of drug-likeness (QED) is 0.520. The van der Waals surface area contributed by atoms with E-state index in [0.717, 1.165) is 12.2 Å². The topological polar surface area (TPSA) is 37.3 Å². The molecule has 1 atom stereocenters. The molecule has 0 amide bonds. The Labute approximate surface area is 69.2 Å². The van der Waals surface area contributed by atoms with Crippen molar-refractivity contribution in [3.63, 3.8) is 0 Å². The van der Waals surface area contributed by atoms with Gasteiger partial charge in [0, 0.05) is 5.75 Å². The highest BCUT2D eigenvalue weighted by Crippen LogP contribution is 2.26. The van der Waals surface area contributed by atoms with E-state index in [-0.39, 0.29) is 5.25 Å². The highest BCUT2D eigenvalue weighted by Gasteiger charge is 2.10. The predicted octanol–water partition coefficient (Wildman–Crippen LogP) is 2.25. The average Bonchev–Trinajstić information content (AvgIpc) is 1.88. The maximum absolute atomic E-state index is 10.3. The van der Waals surface area contributed by atoms with Crippen molar-refractivity contribution in [1.82, 2.24) is 0 Å². The van der Waals surface area contributed by atoms with Gasteiger partial charge in [0.1, 0.15) is 5.25 Å². The zero-order valence-corrected chi connectivity index (χ0v) is 7.80.